The van der Waals surface area contributed by atoms with Gasteiger partial charge in [0.2, 0.25) is 0 Å². The Morgan fingerprint density at radius 3 is 2.56 bits per heavy atom. The molecule has 2 rings (SSSR count). The van der Waals surface area contributed by atoms with Gasteiger partial charge in [-0.2, -0.15) is 0 Å². The number of aliphatic hydroxyl groups is 1. The molecule has 2 fully saturated rings. The molecule has 1 saturated heterocycles. The second-order valence-corrected chi connectivity index (χ2v) is 2.89. The van der Waals surface area contributed by atoms with Gasteiger partial charge in [-0.15, -0.1) is 0 Å². The summed E-state index contributed by atoms with van der Waals surface area (Å²) in [6, 6.07) is -0.0906. The molecule has 3 heteroatoms. The third-order valence-electron chi connectivity index (χ3n) is 2.30. The predicted octanol–water partition coefficient (Wildman–Crippen LogP) is -0.492. The van der Waals surface area contributed by atoms with E-state index in [1.165, 1.54) is 0 Å². The monoisotopic (exact) mass is 124 g/mol. The van der Waals surface area contributed by atoms with Gasteiger partial charge >= 0.3 is 0 Å². The fourth-order valence-corrected chi connectivity index (χ4v) is 1.62. The second-order valence-electron chi connectivity index (χ2n) is 2.89. The van der Waals surface area contributed by atoms with Crippen molar-refractivity contribution in [3.8, 4) is 0 Å². The van der Waals surface area contributed by atoms with Gasteiger partial charge in [-0.05, 0) is 18.3 Å². The van der Waals surface area contributed by atoms with E-state index in [0.717, 1.165) is 6.42 Å². The maximum absolute atomic E-state index is 8.70. The van der Waals surface area contributed by atoms with E-state index in [9.17, 15) is 0 Å². The van der Waals surface area contributed by atoms with Gasteiger partial charge in [-0.25, -0.2) is 0 Å². The van der Waals surface area contributed by atoms with Crippen molar-refractivity contribution in [2.75, 3.05) is 6.61 Å². The summed E-state index contributed by atoms with van der Waals surface area (Å²) in [6.07, 6.45) is 1.21. The maximum atomic E-state index is 8.70. The number of hydrogen-bond donors (Lipinski definition) is 1. The van der Waals surface area contributed by atoms with Crippen LogP contribution in [0.4, 0.5) is 0 Å². The Bertz CT molecular complexity index is 128. The Morgan fingerprint density at radius 2 is 2.33 bits per heavy atom. The third kappa shape index (κ3) is 0.716. The molecular formula is C6H9BO2. The molecule has 1 aliphatic heterocycles. The van der Waals surface area contributed by atoms with Gasteiger partial charge in [-0.1, -0.05) is 0 Å². The first-order valence-corrected chi connectivity index (χ1v) is 3.35. The van der Waals surface area contributed by atoms with E-state index < -0.39 is 0 Å². The van der Waals surface area contributed by atoms with Crippen molar-refractivity contribution in [1.82, 2.24) is 0 Å². The largest absolute Gasteiger partial charge is 0.394 e. The minimum absolute atomic E-state index is 0.0463. The van der Waals surface area contributed by atoms with E-state index in [2.05, 4.69) is 0 Å². The lowest BCUT2D eigenvalue weighted by Crippen LogP contribution is -2.20. The maximum Gasteiger partial charge on any atom is 0.109 e. The molecule has 1 heterocycles. The van der Waals surface area contributed by atoms with Crippen LogP contribution in [0.2, 0.25) is 0 Å². The number of hydrogen-bond acceptors (Lipinski definition) is 2. The lowest BCUT2D eigenvalue weighted by Gasteiger charge is -2.11. The summed E-state index contributed by atoms with van der Waals surface area (Å²) in [7, 11) is 5.55. The summed E-state index contributed by atoms with van der Waals surface area (Å²) in [4.78, 5) is 0. The molecule has 1 saturated carbocycles. The first kappa shape index (κ1) is 5.75. The molecule has 0 bridgehead atoms. The van der Waals surface area contributed by atoms with Crippen LogP contribution in [0.15, 0.2) is 0 Å². The summed E-state index contributed by atoms with van der Waals surface area (Å²) in [5.41, 5.74) is 0. The van der Waals surface area contributed by atoms with E-state index >= 15 is 0 Å². The highest BCUT2D eigenvalue weighted by molar-refractivity contribution is 6.11. The molecule has 0 amide bonds. The van der Waals surface area contributed by atoms with Crippen molar-refractivity contribution in [3.05, 3.63) is 0 Å². The predicted molar refractivity (Wildman–Crippen MR) is 33.1 cm³/mol. The minimum atomic E-state index is -0.0906. The van der Waals surface area contributed by atoms with Crippen LogP contribution in [0.3, 0.4) is 0 Å². The van der Waals surface area contributed by atoms with Crippen LogP contribution in [0.25, 0.3) is 0 Å². The van der Waals surface area contributed by atoms with E-state index in [1.807, 2.05) is 0 Å². The zero-order chi connectivity index (χ0) is 6.43. The minimum Gasteiger partial charge on any atom is -0.394 e. The number of fused-ring (bicyclic) bond motifs is 1. The van der Waals surface area contributed by atoms with Crippen molar-refractivity contribution in [2.24, 2.45) is 11.8 Å². The van der Waals surface area contributed by atoms with E-state index in [1.54, 1.807) is 0 Å². The molecule has 2 aliphatic rings. The number of ether oxygens (including phenoxy) is 1. The molecule has 0 aromatic carbocycles. The van der Waals surface area contributed by atoms with Crippen LogP contribution < -0.4 is 0 Å². The van der Waals surface area contributed by atoms with Crippen molar-refractivity contribution in [2.45, 2.75) is 18.5 Å². The van der Waals surface area contributed by atoms with Crippen molar-refractivity contribution in [3.63, 3.8) is 0 Å². The van der Waals surface area contributed by atoms with Gasteiger partial charge in [0.1, 0.15) is 7.85 Å². The summed E-state index contributed by atoms with van der Waals surface area (Å²) < 4.78 is 5.20. The van der Waals surface area contributed by atoms with Crippen molar-refractivity contribution >= 4 is 7.85 Å². The molecule has 2 nitrogen and oxygen atoms in total. The topological polar surface area (TPSA) is 29.5 Å². The van der Waals surface area contributed by atoms with Gasteiger partial charge in [0.05, 0.1) is 12.7 Å². The standard InChI is InChI=1S/C6H9BO2/c7-6-4-1-3(4)5(2-8)9-6/h3-6,8H,1-2H2/t3-,4+,5+,6+/m0/s1. The fraction of sp³-hybridized carbons (Fsp3) is 1.00. The third-order valence-corrected chi connectivity index (χ3v) is 2.30. The molecule has 2 radical (unpaired) electrons. The van der Waals surface area contributed by atoms with E-state index in [0.29, 0.717) is 11.8 Å². The lowest BCUT2D eigenvalue weighted by atomic mass is 9.96. The average Bonchev–Trinajstić information content (AvgIpc) is 2.56. The summed E-state index contributed by atoms with van der Waals surface area (Å²) in [5, 5.41) is 8.70. The second kappa shape index (κ2) is 1.73. The first-order chi connectivity index (χ1) is 4.33. The normalized spacial score (nSPS) is 55.2. The highest BCUT2D eigenvalue weighted by Crippen LogP contribution is 2.50. The van der Waals surface area contributed by atoms with Crippen LogP contribution in [0.5, 0.6) is 0 Å². The Morgan fingerprint density at radius 1 is 1.56 bits per heavy atom. The van der Waals surface area contributed by atoms with Gasteiger partial charge in [-0.3, -0.25) is 0 Å². The summed E-state index contributed by atoms with van der Waals surface area (Å²) in [5.74, 6) is 1.13. The molecule has 9 heavy (non-hydrogen) atoms. The van der Waals surface area contributed by atoms with Crippen molar-refractivity contribution in [1.29, 1.82) is 0 Å². The van der Waals surface area contributed by atoms with Gasteiger partial charge in [0.25, 0.3) is 0 Å². The quantitative estimate of drug-likeness (QED) is 0.478. The molecule has 1 N–H and O–H groups in total. The van der Waals surface area contributed by atoms with Gasteiger partial charge in [0, 0.05) is 6.00 Å². The molecule has 0 spiro atoms. The van der Waals surface area contributed by atoms with Crippen LogP contribution in [-0.4, -0.2) is 31.7 Å². The van der Waals surface area contributed by atoms with Crippen LogP contribution in [0.1, 0.15) is 6.42 Å². The molecule has 0 unspecified atom stereocenters. The molecule has 48 valence electrons. The Labute approximate surface area is 55.6 Å². The molecule has 0 aromatic rings. The Balaban J connectivity index is 2.00. The van der Waals surface area contributed by atoms with Crippen LogP contribution in [-0.2, 0) is 4.74 Å². The number of rotatable bonds is 1. The average molecular weight is 124 g/mol. The van der Waals surface area contributed by atoms with Gasteiger partial charge < -0.3 is 9.84 Å². The lowest BCUT2D eigenvalue weighted by molar-refractivity contribution is 0.0174. The molecule has 0 aromatic heterocycles. The smallest absolute Gasteiger partial charge is 0.109 e. The highest BCUT2D eigenvalue weighted by Gasteiger charge is 2.52. The Kier molecular flexibility index (Phi) is 1.11. The van der Waals surface area contributed by atoms with Crippen molar-refractivity contribution < 1.29 is 9.84 Å². The summed E-state index contributed by atoms with van der Waals surface area (Å²) in [6.45, 7) is 0.134. The number of aliphatic hydroxyl groups excluding tert-OH is 1. The fourth-order valence-electron chi connectivity index (χ4n) is 1.62. The summed E-state index contributed by atoms with van der Waals surface area (Å²) >= 11 is 0. The van der Waals surface area contributed by atoms with Crippen LogP contribution >= 0.6 is 0 Å². The molecule has 1 aliphatic carbocycles. The van der Waals surface area contributed by atoms with E-state index in [4.69, 9.17) is 17.7 Å². The van der Waals surface area contributed by atoms with Crippen LogP contribution in [0, 0.1) is 11.8 Å². The zero-order valence-electron chi connectivity index (χ0n) is 5.16. The Hall–Kier alpha value is -0.0151. The molecule has 4 atom stereocenters. The molecular weight excluding hydrogens is 115 g/mol. The highest BCUT2D eigenvalue weighted by atomic mass is 16.5. The van der Waals surface area contributed by atoms with Gasteiger partial charge in [0.15, 0.2) is 0 Å². The van der Waals surface area contributed by atoms with E-state index in [-0.39, 0.29) is 18.7 Å². The SMILES string of the molecule is [B][C@@H]1O[C@H](CO)[C@H]2C[C@H]21. The first-order valence-electron chi connectivity index (χ1n) is 3.35. The zero-order valence-corrected chi connectivity index (χ0v) is 5.16.